The standard InChI is InChI=1S/C10H8N4O4/c1-5-12-8(14-18-5)9(15)13-7-6(10(16)17)3-2-4-11-7/h2-4H,1H3,(H,16,17)(H,11,13,15). The summed E-state index contributed by atoms with van der Waals surface area (Å²) in [6, 6.07) is 2.78. The van der Waals surface area contributed by atoms with Crippen LogP contribution >= 0.6 is 0 Å². The van der Waals surface area contributed by atoms with Crippen LogP contribution in [0.5, 0.6) is 0 Å². The minimum atomic E-state index is -1.19. The number of hydrogen-bond acceptors (Lipinski definition) is 6. The molecule has 0 aromatic carbocycles. The second-order valence-electron chi connectivity index (χ2n) is 3.30. The van der Waals surface area contributed by atoms with E-state index in [9.17, 15) is 9.59 Å². The van der Waals surface area contributed by atoms with Gasteiger partial charge < -0.3 is 14.9 Å². The third-order valence-corrected chi connectivity index (χ3v) is 2.00. The summed E-state index contributed by atoms with van der Waals surface area (Å²) in [7, 11) is 0. The molecule has 0 saturated heterocycles. The van der Waals surface area contributed by atoms with E-state index in [-0.39, 0.29) is 23.1 Å². The minimum absolute atomic E-state index is 0.0718. The van der Waals surface area contributed by atoms with Gasteiger partial charge in [-0.25, -0.2) is 9.78 Å². The van der Waals surface area contributed by atoms with Crippen LogP contribution < -0.4 is 5.32 Å². The topological polar surface area (TPSA) is 118 Å². The molecule has 2 N–H and O–H groups in total. The number of aromatic carboxylic acids is 1. The smallest absolute Gasteiger partial charge is 0.339 e. The molecule has 0 aliphatic rings. The molecule has 0 atom stereocenters. The first-order valence-corrected chi connectivity index (χ1v) is 4.88. The average Bonchev–Trinajstić information content (AvgIpc) is 2.76. The molecule has 8 nitrogen and oxygen atoms in total. The Labute approximate surface area is 101 Å². The Hall–Kier alpha value is -2.77. The van der Waals surface area contributed by atoms with Gasteiger partial charge in [-0.15, -0.1) is 0 Å². The van der Waals surface area contributed by atoms with Crippen molar-refractivity contribution < 1.29 is 19.2 Å². The van der Waals surface area contributed by atoms with E-state index >= 15 is 0 Å². The van der Waals surface area contributed by atoms with Crippen molar-refractivity contribution in [3.63, 3.8) is 0 Å². The van der Waals surface area contributed by atoms with Crippen molar-refractivity contribution in [2.75, 3.05) is 5.32 Å². The predicted molar refractivity (Wildman–Crippen MR) is 58.2 cm³/mol. The summed E-state index contributed by atoms with van der Waals surface area (Å²) in [4.78, 5) is 30.1. The molecular formula is C10H8N4O4. The number of carbonyl (C=O) groups is 2. The molecule has 2 aromatic heterocycles. The molecule has 2 aromatic rings. The fraction of sp³-hybridized carbons (Fsp3) is 0.100. The molecule has 1 amide bonds. The lowest BCUT2D eigenvalue weighted by Crippen LogP contribution is -2.17. The van der Waals surface area contributed by atoms with Crippen LogP contribution in [0.2, 0.25) is 0 Å². The lowest BCUT2D eigenvalue weighted by Gasteiger charge is -2.04. The highest BCUT2D eigenvalue weighted by atomic mass is 16.5. The van der Waals surface area contributed by atoms with Gasteiger partial charge in [-0.2, -0.15) is 4.98 Å². The molecule has 2 heterocycles. The largest absolute Gasteiger partial charge is 0.478 e. The molecule has 0 aliphatic heterocycles. The second kappa shape index (κ2) is 4.62. The van der Waals surface area contributed by atoms with Crippen molar-refractivity contribution in [3.05, 3.63) is 35.6 Å². The maximum absolute atomic E-state index is 11.7. The Balaban J connectivity index is 2.24. The van der Waals surface area contributed by atoms with Crippen molar-refractivity contribution in [1.29, 1.82) is 0 Å². The number of rotatable bonds is 3. The van der Waals surface area contributed by atoms with Gasteiger partial charge >= 0.3 is 5.97 Å². The Morgan fingerprint density at radius 1 is 1.44 bits per heavy atom. The lowest BCUT2D eigenvalue weighted by molar-refractivity contribution is 0.0697. The number of carboxylic acids is 1. The van der Waals surface area contributed by atoms with E-state index in [1.807, 2.05) is 0 Å². The predicted octanol–water partition coefficient (Wildman–Crippen LogP) is 0.724. The highest BCUT2D eigenvalue weighted by Crippen LogP contribution is 2.12. The summed E-state index contributed by atoms with van der Waals surface area (Å²) in [5, 5.41) is 14.6. The minimum Gasteiger partial charge on any atom is -0.478 e. The van der Waals surface area contributed by atoms with E-state index in [2.05, 4.69) is 25.0 Å². The average molecular weight is 248 g/mol. The van der Waals surface area contributed by atoms with Crippen LogP contribution in [0.25, 0.3) is 0 Å². The van der Waals surface area contributed by atoms with Gasteiger partial charge in [-0.1, -0.05) is 5.16 Å². The van der Waals surface area contributed by atoms with Gasteiger partial charge in [0.05, 0.1) is 0 Å². The van der Waals surface area contributed by atoms with Crippen LogP contribution in [-0.2, 0) is 0 Å². The first-order chi connectivity index (χ1) is 8.58. The van der Waals surface area contributed by atoms with Crippen molar-refractivity contribution in [1.82, 2.24) is 15.1 Å². The number of nitrogens with one attached hydrogen (secondary N) is 1. The van der Waals surface area contributed by atoms with Gasteiger partial charge in [-0.3, -0.25) is 4.79 Å². The van der Waals surface area contributed by atoms with E-state index in [0.717, 1.165) is 0 Å². The van der Waals surface area contributed by atoms with E-state index in [1.165, 1.54) is 25.3 Å². The van der Waals surface area contributed by atoms with Crippen LogP contribution in [0.1, 0.15) is 26.9 Å². The summed E-state index contributed by atoms with van der Waals surface area (Å²) in [5.41, 5.74) is -0.119. The molecule has 0 aliphatic carbocycles. The Morgan fingerprint density at radius 2 is 2.22 bits per heavy atom. The van der Waals surface area contributed by atoms with Crippen LogP contribution in [0, 0.1) is 6.92 Å². The van der Waals surface area contributed by atoms with Crippen molar-refractivity contribution >= 4 is 17.7 Å². The van der Waals surface area contributed by atoms with E-state index in [4.69, 9.17) is 5.11 Å². The summed E-state index contributed by atoms with van der Waals surface area (Å²) in [6.45, 7) is 1.53. The van der Waals surface area contributed by atoms with Gasteiger partial charge in [-0.05, 0) is 12.1 Å². The first-order valence-electron chi connectivity index (χ1n) is 4.88. The van der Waals surface area contributed by atoms with Gasteiger partial charge in [0.2, 0.25) is 5.89 Å². The molecule has 92 valence electrons. The summed E-state index contributed by atoms with van der Waals surface area (Å²) in [6.07, 6.45) is 1.36. The summed E-state index contributed by atoms with van der Waals surface area (Å²) in [5.74, 6) is -1.90. The normalized spacial score (nSPS) is 10.1. The maximum atomic E-state index is 11.7. The fourth-order valence-corrected chi connectivity index (χ4v) is 1.23. The van der Waals surface area contributed by atoms with Gasteiger partial charge in [0, 0.05) is 13.1 Å². The fourth-order valence-electron chi connectivity index (χ4n) is 1.23. The number of aryl methyl sites for hydroxylation is 1. The summed E-state index contributed by atoms with van der Waals surface area (Å²) >= 11 is 0. The van der Waals surface area contributed by atoms with Crippen LogP contribution in [0.15, 0.2) is 22.9 Å². The van der Waals surface area contributed by atoms with E-state index < -0.39 is 11.9 Å². The molecule has 0 saturated carbocycles. The third kappa shape index (κ3) is 2.32. The highest BCUT2D eigenvalue weighted by Gasteiger charge is 2.17. The molecule has 0 unspecified atom stereocenters. The van der Waals surface area contributed by atoms with Crippen LogP contribution in [-0.4, -0.2) is 32.1 Å². The molecule has 2 rings (SSSR count). The quantitative estimate of drug-likeness (QED) is 0.821. The van der Waals surface area contributed by atoms with Crippen molar-refractivity contribution in [2.45, 2.75) is 6.92 Å². The molecule has 18 heavy (non-hydrogen) atoms. The maximum Gasteiger partial charge on any atom is 0.339 e. The molecule has 0 bridgehead atoms. The number of pyridine rings is 1. The number of amides is 1. The number of hydrogen-bond donors (Lipinski definition) is 2. The first kappa shape index (κ1) is 11.7. The summed E-state index contributed by atoms with van der Waals surface area (Å²) < 4.78 is 4.64. The number of aromatic nitrogens is 3. The number of carboxylic acid groups (broad SMARTS) is 1. The SMILES string of the molecule is Cc1nc(C(=O)Nc2ncccc2C(=O)O)no1. The van der Waals surface area contributed by atoms with Crippen molar-refractivity contribution in [2.24, 2.45) is 0 Å². The number of anilines is 1. The van der Waals surface area contributed by atoms with E-state index in [0.29, 0.717) is 0 Å². The molecule has 8 heteroatoms. The second-order valence-corrected chi connectivity index (χ2v) is 3.30. The molecule has 0 spiro atoms. The zero-order chi connectivity index (χ0) is 13.1. The van der Waals surface area contributed by atoms with Gasteiger partial charge in [0.25, 0.3) is 11.7 Å². The molecule has 0 radical (unpaired) electrons. The van der Waals surface area contributed by atoms with Crippen LogP contribution in [0.4, 0.5) is 5.82 Å². The third-order valence-electron chi connectivity index (χ3n) is 2.00. The molecular weight excluding hydrogens is 240 g/mol. The van der Waals surface area contributed by atoms with Crippen molar-refractivity contribution in [3.8, 4) is 0 Å². The van der Waals surface area contributed by atoms with Gasteiger partial charge in [0.1, 0.15) is 11.4 Å². The highest BCUT2D eigenvalue weighted by molar-refractivity contribution is 6.04. The van der Waals surface area contributed by atoms with Crippen LogP contribution in [0.3, 0.4) is 0 Å². The Bertz CT molecular complexity index is 607. The lowest BCUT2D eigenvalue weighted by atomic mass is 10.2. The zero-order valence-electron chi connectivity index (χ0n) is 9.25. The van der Waals surface area contributed by atoms with Gasteiger partial charge in [0.15, 0.2) is 0 Å². The number of carbonyl (C=O) groups excluding carboxylic acids is 1. The molecule has 0 fully saturated rings. The monoisotopic (exact) mass is 248 g/mol. The Morgan fingerprint density at radius 3 is 2.83 bits per heavy atom. The number of nitrogens with zero attached hydrogens (tertiary/aromatic N) is 3. The Kier molecular flexibility index (Phi) is 3.00. The van der Waals surface area contributed by atoms with E-state index in [1.54, 1.807) is 0 Å². The zero-order valence-corrected chi connectivity index (χ0v) is 9.25.